The third-order valence-electron chi connectivity index (χ3n) is 2.82. The molecule has 0 spiro atoms. The Kier molecular flexibility index (Phi) is 8.03. The van der Waals surface area contributed by atoms with Crippen LogP contribution >= 0.6 is 11.6 Å². The zero-order valence-corrected chi connectivity index (χ0v) is 13.0. The third-order valence-corrected chi connectivity index (χ3v) is 3.05. The van der Waals surface area contributed by atoms with Crippen molar-refractivity contribution in [3.05, 3.63) is 47.0 Å². The predicted octanol–water partition coefficient (Wildman–Crippen LogP) is 1.84. The molecule has 1 atom stereocenters. The Labute approximate surface area is 134 Å². The lowest BCUT2D eigenvalue weighted by Crippen LogP contribution is -2.37. The van der Waals surface area contributed by atoms with Crippen molar-refractivity contribution in [1.82, 2.24) is 10.6 Å². The van der Waals surface area contributed by atoms with E-state index in [9.17, 15) is 9.59 Å². The van der Waals surface area contributed by atoms with Crippen LogP contribution < -0.4 is 10.6 Å². The van der Waals surface area contributed by atoms with Gasteiger partial charge in [0.05, 0.1) is 0 Å². The van der Waals surface area contributed by atoms with E-state index in [1.807, 2.05) is 12.1 Å². The van der Waals surface area contributed by atoms with Crippen LogP contribution in [-0.4, -0.2) is 43.4 Å². The Morgan fingerprint density at radius 1 is 1.32 bits per heavy atom. The summed E-state index contributed by atoms with van der Waals surface area (Å²) < 4.78 is 5.20. The Bertz CT molecular complexity index is 534. The second-order valence-corrected chi connectivity index (χ2v) is 4.90. The van der Waals surface area contributed by atoms with Crippen molar-refractivity contribution < 1.29 is 19.4 Å². The smallest absolute Gasteiger partial charge is 0.404 e. The second kappa shape index (κ2) is 9.81. The standard InChI is InChI=1S/C15H19ClN2O4/c1-22-13(10-11-5-4-6-12(16)9-11)14(19)17-7-2-3-8-18-15(20)21/h2-6,9,13,18H,7-8,10H2,1H3,(H,17,19)(H,20,21)/b3-2+. The number of benzene rings is 1. The minimum absolute atomic E-state index is 0.196. The molecule has 1 aromatic carbocycles. The van der Waals surface area contributed by atoms with Crippen LogP contribution in [0.15, 0.2) is 36.4 Å². The van der Waals surface area contributed by atoms with Crippen molar-refractivity contribution >= 4 is 23.6 Å². The molecule has 0 saturated carbocycles. The number of amides is 2. The third kappa shape index (κ3) is 7.10. The summed E-state index contributed by atoms with van der Waals surface area (Å²) in [7, 11) is 1.47. The number of ether oxygens (including phenoxy) is 1. The van der Waals surface area contributed by atoms with Crippen molar-refractivity contribution in [2.75, 3.05) is 20.2 Å². The number of nitrogens with one attached hydrogen (secondary N) is 2. The van der Waals surface area contributed by atoms with Gasteiger partial charge >= 0.3 is 6.09 Å². The van der Waals surface area contributed by atoms with Crippen LogP contribution in [0.5, 0.6) is 0 Å². The Morgan fingerprint density at radius 2 is 2.00 bits per heavy atom. The molecule has 6 nitrogen and oxygen atoms in total. The minimum atomic E-state index is -1.09. The summed E-state index contributed by atoms with van der Waals surface area (Å²) in [5.74, 6) is -0.238. The number of carbonyl (C=O) groups excluding carboxylic acids is 1. The average molecular weight is 327 g/mol. The number of hydrogen-bond acceptors (Lipinski definition) is 3. The molecule has 1 unspecified atom stereocenters. The molecule has 0 aliphatic heterocycles. The number of carbonyl (C=O) groups is 2. The molecule has 3 N–H and O–H groups in total. The van der Waals surface area contributed by atoms with Gasteiger partial charge in [-0.3, -0.25) is 4.79 Å². The van der Waals surface area contributed by atoms with E-state index in [1.54, 1.807) is 24.3 Å². The van der Waals surface area contributed by atoms with Gasteiger partial charge < -0.3 is 20.5 Å². The largest absolute Gasteiger partial charge is 0.465 e. The summed E-state index contributed by atoms with van der Waals surface area (Å²) >= 11 is 5.91. The SMILES string of the molecule is COC(Cc1cccc(Cl)c1)C(=O)NC/C=C/CNC(=O)O. The van der Waals surface area contributed by atoms with Crippen molar-refractivity contribution in [1.29, 1.82) is 0 Å². The molecule has 7 heteroatoms. The van der Waals surface area contributed by atoms with Crippen LogP contribution in [0.4, 0.5) is 4.79 Å². The van der Waals surface area contributed by atoms with Gasteiger partial charge in [-0.1, -0.05) is 35.9 Å². The average Bonchev–Trinajstić information content (AvgIpc) is 2.47. The molecule has 0 aromatic heterocycles. The zero-order chi connectivity index (χ0) is 16.4. The van der Waals surface area contributed by atoms with E-state index in [2.05, 4.69) is 10.6 Å². The first kappa shape index (κ1) is 18.0. The van der Waals surface area contributed by atoms with E-state index in [0.717, 1.165) is 5.56 Å². The number of rotatable bonds is 8. The van der Waals surface area contributed by atoms with E-state index in [4.69, 9.17) is 21.4 Å². The van der Waals surface area contributed by atoms with E-state index in [1.165, 1.54) is 7.11 Å². The normalized spacial score (nSPS) is 12.1. The summed E-state index contributed by atoms with van der Waals surface area (Å²) in [6.07, 6.45) is 2.01. The zero-order valence-electron chi connectivity index (χ0n) is 12.2. The Balaban J connectivity index is 2.39. The fraction of sp³-hybridized carbons (Fsp3) is 0.333. The van der Waals surface area contributed by atoms with Gasteiger partial charge in [-0.15, -0.1) is 0 Å². The summed E-state index contributed by atoms with van der Waals surface area (Å²) in [5.41, 5.74) is 0.913. The molecular formula is C15H19ClN2O4. The highest BCUT2D eigenvalue weighted by molar-refractivity contribution is 6.30. The first-order chi connectivity index (χ1) is 10.5. The van der Waals surface area contributed by atoms with Crippen LogP contribution in [0.25, 0.3) is 0 Å². The fourth-order valence-electron chi connectivity index (χ4n) is 1.75. The highest BCUT2D eigenvalue weighted by Crippen LogP contribution is 2.13. The number of halogens is 1. The molecule has 0 bridgehead atoms. The van der Waals surface area contributed by atoms with Gasteiger partial charge in [-0.25, -0.2) is 4.79 Å². The van der Waals surface area contributed by atoms with Gasteiger partial charge in [-0.2, -0.15) is 0 Å². The molecule has 22 heavy (non-hydrogen) atoms. The fourth-order valence-corrected chi connectivity index (χ4v) is 1.96. The number of hydrogen-bond donors (Lipinski definition) is 3. The molecule has 0 fully saturated rings. The van der Waals surface area contributed by atoms with Gasteiger partial charge in [-0.05, 0) is 17.7 Å². The monoisotopic (exact) mass is 326 g/mol. The van der Waals surface area contributed by atoms with Crippen molar-refractivity contribution in [3.8, 4) is 0 Å². The maximum absolute atomic E-state index is 12.0. The van der Waals surface area contributed by atoms with Gasteiger partial charge in [0.15, 0.2) is 0 Å². The van der Waals surface area contributed by atoms with Crippen LogP contribution in [0.1, 0.15) is 5.56 Å². The molecule has 0 saturated heterocycles. The van der Waals surface area contributed by atoms with Crippen LogP contribution in [0, 0.1) is 0 Å². The first-order valence-electron chi connectivity index (χ1n) is 6.69. The first-order valence-corrected chi connectivity index (χ1v) is 7.07. The van der Waals surface area contributed by atoms with Gasteiger partial charge in [0.25, 0.3) is 0 Å². The highest BCUT2D eigenvalue weighted by Gasteiger charge is 2.17. The lowest BCUT2D eigenvalue weighted by atomic mass is 10.1. The minimum Gasteiger partial charge on any atom is -0.465 e. The van der Waals surface area contributed by atoms with Crippen molar-refractivity contribution in [3.63, 3.8) is 0 Å². The molecular weight excluding hydrogens is 308 g/mol. The summed E-state index contributed by atoms with van der Waals surface area (Å²) in [5, 5.41) is 13.9. The van der Waals surface area contributed by atoms with E-state index < -0.39 is 12.2 Å². The number of methoxy groups -OCH3 is 1. The second-order valence-electron chi connectivity index (χ2n) is 4.46. The molecule has 0 radical (unpaired) electrons. The van der Waals surface area contributed by atoms with Crippen LogP contribution in [0.3, 0.4) is 0 Å². The van der Waals surface area contributed by atoms with Crippen LogP contribution in [0.2, 0.25) is 5.02 Å². The Hall–Kier alpha value is -2.05. The summed E-state index contributed by atoms with van der Waals surface area (Å²) in [6.45, 7) is 0.497. The molecule has 2 amide bonds. The summed E-state index contributed by atoms with van der Waals surface area (Å²) in [4.78, 5) is 22.2. The lowest BCUT2D eigenvalue weighted by Gasteiger charge is -2.14. The molecule has 120 valence electrons. The molecule has 0 aliphatic rings. The number of carboxylic acid groups (broad SMARTS) is 1. The molecule has 0 heterocycles. The highest BCUT2D eigenvalue weighted by atomic mass is 35.5. The topological polar surface area (TPSA) is 87.7 Å². The molecule has 1 rings (SSSR count). The van der Waals surface area contributed by atoms with Gasteiger partial charge in [0, 0.05) is 31.6 Å². The van der Waals surface area contributed by atoms with Crippen LogP contribution in [-0.2, 0) is 16.0 Å². The van der Waals surface area contributed by atoms with Gasteiger partial charge in [0.1, 0.15) is 6.10 Å². The molecule has 1 aromatic rings. The predicted molar refractivity (Wildman–Crippen MR) is 84.1 cm³/mol. The Morgan fingerprint density at radius 3 is 2.59 bits per heavy atom. The molecule has 0 aliphatic carbocycles. The van der Waals surface area contributed by atoms with E-state index >= 15 is 0 Å². The quantitative estimate of drug-likeness (QED) is 0.636. The lowest BCUT2D eigenvalue weighted by molar-refractivity contribution is -0.130. The van der Waals surface area contributed by atoms with Crippen molar-refractivity contribution in [2.45, 2.75) is 12.5 Å². The van der Waals surface area contributed by atoms with Gasteiger partial charge in [0.2, 0.25) is 5.91 Å². The van der Waals surface area contributed by atoms with E-state index in [0.29, 0.717) is 18.0 Å². The van der Waals surface area contributed by atoms with Crippen molar-refractivity contribution in [2.24, 2.45) is 0 Å². The van der Waals surface area contributed by atoms with E-state index in [-0.39, 0.29) is 12.5 Å². The maximum Gasteiger partial charge on any atom is 0.404 e. The summed E-state index contributed by atoms with van der Waals surface area (Å²) in [6, 6.07) is 7.25. The maximum atomic E-state index is 12.0.